The molecule has 3 aromatic rings. The van der Waals surface area contributed by atoms with E-state index in [-0.39, 0.29) is 11.5 Å². The number of allylic oxidation sites excluding steroid dienone is 1. The molecule has 0 radical (unpaired) electrons. The lowest BCUT2D eigenvalue weighted by Gasteiger charge is -2.29. The maximum absolute atomic E-state index is 13.6. The van der Waals surface area contributed by atoms with Crippen LogP contribution < -0.4 is 14.9 Å². The van der Waals surface area contributed by atoms with Crippen molar-refractivity contribution in [3.05, 3.63) is 86.8 Å². The summed E-state index contributed by atoms with van der Waals surface area (Å²) in [5.74, 6) is 0.395. The number of likely N-dealkylation sites (N-methyl/N-ethyl adjacent to an activating group) is 1. The highest BCUT2D eigenvalue weighted by Crippen LogP contribution is 2.32. The zero-order chi connectivity index (χ0) is 23.9. The summed E-state index contributed by atoms with van der Waals surface area (Å²) in [4.78, 5) is 34.0. The maximum atomic E-state index is 13.6. The first-order valence-electron chi connectivity index (χ1n) is 10.3. The normalized spacial score (nSPS) is 16.1. The Hall–Kier alpha value is -1.94. The van der Waals surface area contributed by atoms with Crippen LogP contribution in [0.25, 0.3) is 6.08 Å². The van der Waals surface area contributed by atoms with Crippen LogP contribution >= 0.6 is 54.8 Å². The average Bonchev–Trinajstić information content (AvgIpc) is 3.26. The van der Waals surface area contributed by atoms with Gasteiger partial charge in [-0.3, -0.25) is 14.2 Å². The highest BCUT2D eigenvalue weighted by Gasteiger charge is 2.34. The van der Waals surface area contributed by atoms with E-state index < -0.39 is 6.04 Å². The van der Waals surface area contributed by atoms with Gasteiger partial charge in [0.25, 0.3) is 11.5 Å². The number of aromatic nitrogens is 1. The van der Waals surface area contributed by atoms with E-state index >= 15 is 0 Å². The average molecular weight is 614 g/mol. The third-order valence-corrected chi connectivity index (χ3v) is 8.37. The number of hydrogen-bond acceptors (Lipinski definition) is 5. The van der Waals surface area contributed by atoms with Gasteiger partial charge in [0.15, 0.2) is 9.47 Å². The summed E-state index contributed by atoms with van der Waals surface area (Å²) in [6.45, 7) is 6.81. The molecule has 1 amide bonds. The molecule has 1 atom stereocenters. The van der Waals surface area contributed by atoms with Crippen LogP contribution in [0.2, 0.25) is 5.02 Å². The Labute approximate surface area is 216 Å². The van der Waals surface area contributed by atoms with E-state index in [9.17, 15) is 9.59 Å². The zero-order valence-electron chi connectivity index (χ0n) is 18.1. The second-order valence-corrected chi connectivity index (χ2v) is 10.4. The van der Waals surface area contributed by atoms with Crippen LogP contribution in [0.5, 0.6) is 0 Å². The summed E-state index contributed by atoms with van der Waals surface area (Å²) in [5.41, 5.74) is 1.65. The van der Waals surface area contributed by atoms with Crippen LogP contribution in [0, 0.1) is 0 Å². The quantitative estimate of drug-likeness (QED) is 0.412. The van der Waals surface area contributed by atoms with Crippen LogP contribution in [0.15, 0.2) is 64.9 Å². The molecule has 1 aromatic carbocycles. The zero-order valence-corrected chi connectivity index (χ0v) is 22.8. The van der Waals surface area contributed by atoms with Crippen molar-refractivity contribution in [2.45, 2.75) is 26.8 Å². The molecule has 4 rings (SSSR count). The smallest absolute Gasteiger partial charge is 0.271 e. The number of furan rings is 1. The minimum absolute atomic E-state index is 0.130. The summed E-state index contributed by atoms with van der Waals surface area (Å²) in [7, 11) is 0. The molecule has 2 aromatic heterocycles. The molecule has 172 valence electrons. The number of hydrogen-bond donors (Lipinski definition) is 0. The predicted octanol–water partition coefficient (Wildman–Crippen LogP) is 4.88. The number of nitrogens with zero attached hydrogens (tertiary/aromatic N) is 3. The van der Waals surface area contributed by atoms with Crippen molar-refractivity contribution >= 4 is 66.8 Å². The van der Waals surface area contributed by atoms with Gasteiger partial charge in [-0.25, -0.2) is 4.99 Å². The first-order valence-corrected chi connectivity index (χ1v) is 13.0. The lowest BCUT2D eigenvalue weighted by molar-refractivity contribution is -0.127. The molecule has 0 aliphatic carbocycles. The van der Waals surface area contributed by atoms with Gasteiger partial charge < -0.3 is 9.32 Å². The van der Waals surface area contributed by atoms with E-state index in [2.05, 4.69) is 36.9 Å². The van der Waals surface area contributed by atoms with E-state index in [1.54, 1.807) is 33.7 Å². The van der Waals surface area contributed by atoms with E-state index in [1.165, 1.54) is 11.3 Å². The Balaban J connectivity index is 1.96. The van der Waals surface area contributed by atoms with Gasteiger partial charge in [0, 0.05) is 24.2 Å². The van der Waals surface area contributed by atoms with Crippen LogP contribution in [-0.4, -0.2) is 28.5 Å². The molecule has 0 unspecified atom stereocenters. The lowest BCUT2D eigenvalue weighted by Crippen LogP contribution is -2.43. The molecule has 3 heterocycles. The Bertz CT molecular complexity index is 1410. The highest BCUT2D eigenvalue weighted by molar-refractivity contribution is 9.13. The standard InChI is InChI=1S/C23H20Br2ClN3O3S/c1-4-28(5-2)22(31)18-12(3)27-23-29(19(18)13-6-8-14(26)9-7-13)21(30)17(33-23)11-15-10-16(24)20(25)32-15/h6-11,19H,4-5H2,1-3H3/b17-11+/t19-/m1/s1. The second kappa shape index (κ2) is 9.74. The van der Waals surface area contributed by atoms with Crippen LogP contribution in [0.1, 0.15) is 38.1 Å². The Kier molecular flexibility index (Phi) is 7.14. The first kappa shape index (κ1) is 24.2. The summed E-state index contributed by atoms with van der Waals surface area (Å²) < 4.78 is 8.98. The van der Waals surface area contributed by atoms with Gasteiger partial charge >= 0.3 is 0 Å². The first-order chi connectivity index (χ1) is 15.7. The largest absolute Gasteiger partial charge is 0.449 e. The Morgan fingerprint density at radius 2 is 1.94 bits per heavy atom. The summed E-state index contributed by atoms with van der Waals surface area (Å²) >= 11 is 14.1. The molecule has 0 fully saturated rings. The minimum atomic E-state index is -0.608. The van der Waals surface area contributed by atoms with Gasteiger partial charge in [0.1, 0.15) is 5.76 Å². The molecule has 0 saturated heterocycles. The number of fused-ring (bicyclic) bond motifs is 1. The SMILES string of the molecule is CCN(CC)C(=O)C1=C(C)N=c2s/c(=C/c3cc(Br)c(Br)o3)c(=O)n2[C@@H]1c1ccc(Cl)cc1. The molecule has 0 saturated carbocycles. The van der Waals surface area contributed by atoms with Crippen molar-refractivity contribution in [3.63, 3.8) is 0 Å². The van der Waals surface area contributed by atoms with E-state index in [1.807, 2.05) is 32.9 Å². The third kappa shape index (κ3) is 4.56. The number of thiazole rings is 1. The molecule has 6 nitrogen and oxygen atoms in total. The van der Waals surface area contributed by atoms with Gasteiger partial charge in [-0.05, 0) is 76.4 Å². The van der Waals surface area contributed by atoms with Gasteiger partial charge in [0.05, 0.1) is 26.3 Å². The molecule has 0 spiro atoms. The Morgan fingerprint density at radius 1 is 1.27 bits per heavy atom. The summed E-state index contributed by atoms with van der Waals surface area (Å²) in [5, 5.41) is 0.581. The van der Waals surface area contributed by atoms with Crippen molar-refractivity contribution in [1.29, 1.82) is 0 Å². The van der Waals surface area contributed by atoms with Gasteiger partial charge in [-0.2, -0.15) is 0 Å². The molecule has 0 N–H and O–H groups in total. The van der Waals surface area contributed by atoms with Crippen molar-refractivity contribution in [1.82, 2.24) is 9.47 Å². The predicted molar refractivity (Wildman–Crippen MR) is 137 cm³/mol. The number of benzene rings is 1. The van der Waals surface area contributed by atoms with Crippen LogP contribution in [0.4, 0.5) is 0 Å². The highest BCUT2D eigenvalue weighted by atomic mass is 79.9. The van der Waals surface area contributed by atoms with E-state index in [0.29, 0.717) is 49.1 Å². The fourth-order valence-corrected chi connectivity index (χ4v) is 5.56. The van der Waals surface area contributed by atoms with Crippen molar-refractivity contribution in [2.24, 2.45) is 4.99 Å². The van der Waals surface area contributed by atoms with E-state index in [0.717, 1.165) is 10.0 Å². The molecule has 1 aliphatic rings. The molecular weight excluding hydrogens is 594 g/mol. The van der Waals surface area contributed by atoms with Gasteiger partial charge in [0.2, 0.25) is 0 Å². The van der Waals surface area contributed by atoms with Gasteiger partial charge in [-0.1, -0.05) is 35.1 Å². The minimum Gasteiger partial charge on any atom is -0.449 e. The fraction of sp³-hybridized carbons (Fsp3) is 0.261. The van der Waals surface area contributed by atoms with Gasteiger partial charge in [-0.15, -0.1) is 0 Å². The van der Waals surface area contributed by atoms with Crippen molar-refractivity contribution in [3.8, 4) is 0 Å². The lowest BCUT2D eigenvalue weighted by atomic mass is 9.94. The second-order valence-electron chi connectivity index (χ2n) is 7.38. The number of carbonyl (C=O) groups is 1. The van der Waals surface area contributed by atoms with Crippen molar-refractivity contribution < 1.29 is 9.21 Å². The number of rotatable bonds is 5. The molecule has 10 heteroatoms. The van der Waals surface area contributed by atoms with Crippen LogP contribution in [0.3, 0.4) is 0 Å². The number of halogens is 3. The fourth-order valence-electron chi connectivity index (χ4n) is 3.80. The summed E-state index contributed by atoms with van der Waals surface area (Å²) in [6.07, 6.45) is 1.68. The molecule has 33 heavy (non-hydrogen) atoms. The monoisotopic (exact) mass is 611 g/mol. The number of amides is 1. The number of carbonyl (C=O) groups excluding carboxylic acids is 1. The Morgan fingerprint density at radius 3 is 2.52 bits per heavy atom. The topological polar surface area (TPSA) is 67.8 Å². The van der Waals surface area contributed by atoms with E-state index in [4.69, 9.17) is 16.0 Å². The third-order valence-electron chi connectivity index (χ3n) is 5.43. The van der Waals surface area contributed by atoms with Crippen LogP contribution in [-0.2, 0) is 4.79 Å². The molecular formula is C23H20Br2ClN3O3S. The molecule has 1 aliphatic heterocycles. The molecule has 0 bridgehead atoms. The van der Waals surface area contributed by atoms with Crippen molar-refractivity contribution in [2.75, 3.05) is 13.1 Å². The summed E-state index contributed by atoms with van der Waals surface area (Å²) in [6, 6.07) is 8.39. The maximum Gasteiger partial charge on any atom is 0.271 e.